The molecule has 98 valence electrons. The molecule has 0 saturated carbocycles. The lowest BCUT2D eigenvalue weighted by atomic mass is 10.3. The maximum absolute atomic E-state index is 11.8. The Balaban J connectivity index is 2.54. The van der Waals surface area contributed by atoms with Gasteiger partial charge in [-0.2, -0.15) is 0 Å². The van der Waals surface area contributed by atoms with Crippen LogP contribution >= 0.6 is 50.5 Å². The second-order valence-corrected chi connectivity index (χ2v) is 8.15. The summed E-state index contributed by atoms with van der Waals surface area (Å²) in [5.74, 6) is 0. The molecule has 1 aromatic heterocycles. The van der Waals surface area contributed by atoms with Gasteiger partial charge in [-0.15, -0.1) is 11.3 Å². The quantitative estimate of drug-likeness (QED) is 0.575. The first-order chi connectivity index (χ1) is 7.97. The third-order valence-electron chi connectivity index (χ3n) is 2.02. The second kappa shape index (κ2) is 7.31. The zero-order valence-corrected chi connectivity index (χ0v) is 13.6. The van der Waals surface area contributed by atoms with E-state index in [1.165, 1.54) is 6.07 Å². The van der Waals surface area contributed by atoms with Crippen LogP contribution in [0.5, 0.6) is 0 Å². The highest BCUT2D eigenvalue weighted by Crippen LogP contribution is 2.33. The van der Waals surface area contributed by atoms with Crippen LogP contribution in [0.15, 0.2) is 11.0 Å². The number of sulfonamides is 1. The average molecular weight is 381 g/mol. The average Bonchev–Trinajstić information content (AvgIpc) is 2.58. The largest absolute Gasteiger partial charge is 0.242 e. The molecule has 0 aliphatic rings. The third kappa shape index (κ3) is 5.04. The van der Waals surface area contributed by atoms with Crippen LogP contribution in [-0.2, 0) is 10.0 Å². The fourth-order valence-electron chi connectivity index (χ4n) is 1.19. The number of hydrogen-bond donors (Lipinski definition) is 1. The molecule has 1 rings (SSSR count). The zero-order valence-electron chi connectivity index (χ0n) is 8.88. The predicted molar refractivity (Wildman–Crippen MR) is 77.2 cm³/mol. The summed E-state index contributed by atoms with van der Waals surface area (Å²) < 4.78 is 26.8. The molecule has 0 fully saturated rings. The van der Waals surface area contributed by atoms with Gasteiger partial charge in [0.15, 0.2) is 0 Å². The van der Waals surface area contributed by atoms with Gasteiger partial charge in [-0.05, 0) is 18.9 Å². The van der Waals surface area contributed by atoms with Crippen LogP contribution in [0.25, 0.3) is 0 Å². The van der Waals surface area contributed by atoms with E-state index in [-0.39, 0.29) is 9.23 Å². The number of hydrogen-bond acceptors (Lipinski definition) is 3. The van der Waals surface area contributed by atoms with Gasteiger partial charge in [0.2, 0.25) is 10.0 Å². The van der Waals surface area contributed by atoms with Crippen LogP contribution in [0.2, 0.25) is 8.67 Å². The molecule has 17 heavy (non-hydrogen) atoms. The van der Waals surface area contributed by atoms with E-state index in [0.717, 1.165) is 35.9 Å². The van der Waals surface area contributed by atoms with E-state index in [1.807, 2.05) is 0 Å². The predicted octanol–water partition coefficient (Wildman–Crippen LogP) is 3.90. The SMILES string of the molecule is O=S(=O)(NCCCCCBr)c1cc(Cl)sc1Cl. The van der Waals surface area contributed by atoms with Crippen molar-refractivity contribution in [2.45, 2.75) is 24.2 Å². The van der Waals surface area contributed by atoms with Gasteiger partial charge in [-0.1, -0.05) is 45.6 Å². The van der Waals surface area contributed by atoms with Crippen molar-refractivity contribution in [1.82, 2.24) is 4.72 Å². The van der Waals surface area contributed by atoms with Gasteiger partial charge in [-0.25, -0.2) is 13.1 Å². The van der Waals surface area contributed by atoms with Crippen molar-refractivity contribution in [2.24, 2.45) is 0 Å². The first kappa shape index (κ1) is 15.7. The summed E-state index contributed by atoms with van der Waals surface area (Å²) in [6.45, 7) is 0.416. The highest BCUT2D eigenvalue weighted by molar-refractivity contribution is 9.09. The summed E-state index contributed by atoms with van der Waals surface area (Å²) in [5, 5.41) is 0.936. The first-order valence-corrected chi connectivity index (χ1v) is 9.15. The van der Waals surface area contributed by atoms with Crippen LogP contribution in [-0.4, -0.2) is 20.3 Å². The molecule has 0 aliphatic carbocycles. The number of unbranched alkanes of at least 4 members (excludes halogenated alkanes) is 2. The smallest absolute Gasteiger partial charge is 0.211 e. The highest BCUT2D eigenvalue weighted by atomic mass is 79.9. The summed E-state index contributed by atoms with van der Waals surface area (Å²) in [6, 6.07) is 1.37. The van der Waals surface area contributed by atoms with E-state index >= 15 is 0 Å². The minimum absolute atomic E-state index is 0.0645. The van der Waals surface area contributed by atoms with Gasteiger partial charge in [0.1, 0.15) is 9.23 Å². The lowest BCUT2D eigenvalue weighted by Crippen LogP contribution is -2.24. The Morgan fingerprint density at radius 3 is 2.53 bits per heavy atom. The number of thiophene rings is 1. The lowest BCUT2D eigenvalue weighted by molar-refractivity contribution is 0.576. The normalized spacial score (nSPS) is 11.9. The molecule has 0 saturated heterocycles. The van der Waals surface area contributed by atoms with Gasteiger partial charge >= 0.3 is 0 Å². The molecule has 1 aromatic rings. The van der Waals surface area contributed by atoms with Crippen molar-refractivity contribution in [2.75, 3.05) is 11.9 Å². The standard InChI is InChI=1S/C9H12BrCl2NO2S2/c10-4-2-1-3-5-13-17(14,15)7-6-8(11)16-9(7)12/h6,13H,1-5H2. The lowest BCUT2D eigenvalue weighted by Gasteiger charge is -2.04. The van der Waals surface area contributed by atoms with Crippen LogP contribution < -0.4 is 4.72 Å². The number of halogens is 3. The fraction of sp³-hybridized carbons (Fsp3) is 0.556. The van der Waals surface area contributed by atoms with Gasteiger partial charge < -0.3 is 0 Å². The Morgan fingerprint density at radius 1 is 1.29 bits per heavy atom. The van der Waals surface area contributed by atoms with Gasteiger partial charge in [0.25, 0.3) is 0 Å². The Labute approximate surface area is 124 Å². The van der Waals surface area contributed by atoms with Crippen molar-refractivity contribution >= 4 is 60.5 Å². The molecule has 0 unspecified atom stereocenters. The molecule has 1 heterocycles. The second-order valence-electron chi connectivity index (χ2n) is 3.34. The van der Waals surface area contributed by atoms with Crippen LogP contribution in [0.4, 0.5) is 0 Å². The van der Waals surface area contributed by atoms with E-state index in [2.05, 4.69) is 20.7 Å². The molecule has 0 bridgehead atoms. The molecular formula is C9H12BrCl2NO2S2. The van der Waals surface area contributed by atoms with E-state index < -0.39 is 10.0 Å². The number of rotatable bonds is 7. The molecular weight excluding hydrogens is 369 g/mol. The Kier molecular flexibility index (Phi) is 6.76. The maximum Gasteiger partial charge on any atom is 0.242 e. The van der Waals surface area contributed by atoms with E-state index in [0.29, 0.717) is 10.9 Å². The van der Waals surface area contributed by atoms with Crippen LogP contribution in [0.3, 0.4) is 0 Å². The number of alkyl halides is 1. The van der Waals surface area contributed by atoms with Gasteiger partial charge in [0, 0.05) is 11.9 Å². The monoisotopic (exact) mass is 379 g/mol. The highest BCUT2D eigenvalue weighted by Gasteiger charge is 2.20. The minimum Gasteiger partial charge on any atom is -0.211 e. The molecule has 3 nitrogen and oxygen atoms in total. The van der Waals surface area contributed by atoms with E-state index in [1.54, 1.807) is 0 Å². The molecule has 0 amide bonds. The summed E-state index contributed by atoms with van der Waals surface area (Å²) in [6.07, 6.45) is 2.82. The van der Waals surface area contributed by atoms with Crippen molar-refractivity contribution in [1.29, 1.82) is 0 Å². The van der Waals surface area contributed by atoms with Crippen LogP contribution in [0.1, 0.15) is 19.3 Å². The summed E-state index contributed by atoms with van der Waals surface area (Å²) in [4.78, 5) is 0.0645. The van der Waals surface area contributed by atoms with E-state index in [9.17, 15) is 8.42 Å². The summed E-state index contributed by atoms with van der Waals surface area (Å²) in [7, 11) is -3.52. The van der Waals surface area contributed by atoms with Crippen molar-refractivity contribution in [3.8, 4) is 0 Å². The minimum atomic E-state index is -3.52. The Morgan fingerprint density at radius 2 is 2.00 bits per heavy atom. The molecule has 0 aromatic carbocycles. The molecule has 1 N–H and O–H groups in total. The van der Waals surface area contributed by atoms with Crippen molar-refractivity contribution < 1.29 is 8.42 Å². The fourth-order valence-corrected chi connectivity index (χ4v) is 4.81. The zero-order chi connectivity index (χ0) is 12.9. The summed E-state index contributed by atoms with van der Waals surface area (Å²) >= 11 is 15.9. The Hall–Kier alpha value is 0.670. The topological polar surface area (TPSA) is 46.2 Å². The van der Waals surface area contributed by atoms with E-state index in [4.69, 9.17) is 23.2 Å². The van der Waals surface area contributed by atoms with Crippen molar-refractivity contribution in [3.63, 3.8) is 0 Å². The maximum atomic E-state index is 11.8. The van der Waals surface area contributed by atoms with Crippen molar-refractivity contribution in [3.05, 3.63) is 14.7 Å². The Bertz CT molecular complexity index is 462. The molecule has 0 atom stereocenters. The molecule has 8 heteroatoms. The molecule has 0 spiro atoms. The molecule has 0 aliphatic heterocycles. The van der Waals surface area contributed by atoms with Gasteiger partial charge in [0.05, 0.1) is 4.34 Å². The molecule has 0 radical (unpaired) electrons. The third-order valence-corrected chi connectivity index (χ3v) is 5.79. The first-order valence-electron chi connectivity index (χ1n) is 4.98. The summed E-state index contributed by atoms with van der Waals surface area (Å²) in [5.41, 5.74) is 0. The number of nitrogens with one attached hydrogen (secondary N) is 1. The van der Waals surface area contributed by atoms with Crippen LogP contribution in [0, 0.1) is 0 Å². The van der Waals surface area contributed by atoms with Gasteiger partial charge in [-0.3, -0.25) is 0 Å².